The van der Waals surface area contributed by atoms with E-state index < -0.39 is 0 Å². The molecule has 0 amide bonds. The monoisotopic (exact) mass is 566 g/mol. The maximum Gasteiger partial charge on any atom is 0.140 e. The maximum atomic E-state index is 14.2. The maximum absolute atomic E-state index is 14.2. The summed E-state index contributed by atoms with van der Waals surface area (Å²) in [6.07, 6.45) is 6.53. The molecule has 3 heterocycles. The Hall–Kier alpha value is -5.23. The van der Waals surface area contributed by atoms with Gasteiger partial charge in [0, 0.05) is 46.9 Å². The van der Waals surface area contributed by atoms with E-state index in [-0.39, 0.29) is 5.82 Å². The van der Waals surface area contributed by atoms with Crippen LogP contribution in [-0.2, 0) is 6.42 Å². The molecule has 0 aliphatic rings. The number of halogens is 1. The summed E-state index contributed by atoms with van der Waals surface area (Å²) in [6, 6.07) is 31.3. The van der Waals surface area contributed by atoms with Crippen molar-refractivity contribution in [2.45, 2.75) is 27.2 Å². The van der Waals surface area contributed by atoms with Crippen molar-refractivity contribution in [1.29, 1.82) is 0 Å². The predicted octanol–water partition coefficient (Wildman–Crippen LogP) is 9.47. The summed E-state index contributed by atoms with van der Waals surface area (Å²) >= 11 is 0. The first kappa shape index (κ1) is 26.7. The number of pyridine rings is 1. The molecule has 5 nitrogen and oxygen atoms in total. The van der Waals surface area contributed by atoms with Crippen molar-refractivity contribution in [3.8, 4) is 34.1 Å². The topological polar surface area (TPSA) is 44.9 Å². The van der Waals surface area contributed by atoms with Crippen molar-refractivity contribution >= 4 is 21.8 Å². The summed E-state index contributed by atoms with van der Waals surface area (Å²) in [4.78, 5) is 4.46. The summed E-state index contributed by atoms with van der Waals surface area (Å²) in [5, 5.41) is 6.82. The van der Waals surface area contributed by atoms with Crippen LogP contribution in [0.5, 0.6) is 11.5 Å². The van der Waals surface area contributed by atoms with Gasteiger partial charge in [0.15, 0.2) is 0 Å². The van der Waals surface area contributed by atoms with Crippen LogP contribution in [0.4, 0.5) is 4.39 Å². The Kier molecular flexibility index (Phi) is 6.74. The van der Waals surface area contributed by atoms with Crippen LogP contribution in [0.2, 0.25) is 0 Å². The number of aromatic nitrogens is 4. The van der Waals surface area contributed by atoms with Gasteiger partial charge in [-0.05, 0) is 72.4 Å². The molecule has 0 unspecified atom stereocenters. The number of rotatable bonds is 7. The van der Waals surface area contributed by atoms with Crippen molar-refractivity contribution in [1.82, 2.24) is 19.3 Å². The van der Waals surface area contributed by atoms with E-state index in [4.69, 9.17) is 9.84 Å². The normalized spacial score (nSPS) is 11.6. The highest BCUT2D eigenvalue weighted by atomic mass is 19.1. The Morgan fingerprint density at radius 1 is 0.814 bits per heavy atom. The SMILES string of the molecule is Cc1cccc(CC(C)C)c1-c1cnn(-c2cccc(Oc3ccc4c5ccccc5n(-c5cc(F)ccn5)c4c3)c2)c1. The van der Waals surface area contributed by atoms with Crippen LogP contribution in [-0.4, -0.2) is 19.3 Å². The molecular weight excluding hydrogens is 535 g/mol. The molecule has 0 bridgehead atoms. The quantitative estimate of drug-likeness (QED) is 0.193. The summed E-state index contributed by atoms with van der Waals surface area (Å²) in [5.41, 5.74) is 7.69. The zero-order valence-electron chi connectivity index (χ0n) is 24.3. The second-order valence-electron chi connectivity index (χ2n) is 11.3. The molecule has 0 atom stereocenters. The summed E-state index contributed by atoms with van der Waals surface area (Å²) in [5.74, 6) is 2.11. The van der Waals surface area contributed by atoms with Gasteiger partial charge in [-0.15, -0.1) is 0 Å². The first-order chi connectivity index (χ1) is 20.9. The van der Waals surface area contributed by atoms with Gasteiger partial charge in [0.2, 0.25) is 0 Å². The van der Waals surface area contributed by atoms with E-state index in [1.165, 1.54) is 35.0 Å². The van der Waals surface area contributed by atoms with Gasteiger partial charge in [-0.25, -0.2) is 14.1 Å². The summed E-state index contributed by atoms with van der Waals surface area (Å²) < 4.78 is 24.5. The number of ether oxygens (including phenoxy) is 1. The van der Waals surface area contributed by atoms with E-state index >= 15 is 0 Å². The average Bonchev–Trinajstić information content (AvgIpc) is 3.60. The number of nitrogens with zero attached hydrogens (tertiary/aromatic N) is 4. The van der Waals surface area contributed by atoms with Crippen LogP contribution >= 0.6 is 0 Å². The summed E-state index contributed by atoms with van der Waals surface area (Å²) in [6.45, 7) is 6.65. The van der Waals surface area contributed by atoms with Crippen molar-refractivity contribution < 1.29 is 9.13 Å². The van der Waals surface area contributed by atoms with Gasteiger partial charge in [-0.3, -0.25) is 4.57 Å². The lowest BCUT2D eigenvalue weighted by molar-refractivity contribution is 0.483. The smallest absolute Gasteiger partial charge is 0.140 e. The molecule has 0 saturated heterocycles. The van der Waals surface area contributed by atoms with Crippen LogP contribution in [0.1, 0.15) is 25.0 Å². The number of para-hydroxylation sites is 1. The molecule has 212 valence electrons. The van der Waals surface area contributed by atoms with Gasteiger partial charge in [0.1, 0.15) is 23.1 Å². The third-order valence-corrected chi connectivity index (χ3v) is 7.76. The van der Waals surface area contributed by atoms with Gasteiger partial charge >= 0.3 is 0 Å². The molecule has 0 aliphatic heterocycles. The molecule has 7 aromatic rings. The molecule has 0 saturated carbocycles. The molecule has 0 fully saturated rings. The van der Waals surface area contributed by atoms with Crippen molar-refractivity contribution in [3.63, 3.8) is 0 Å². The molecule has 0 aliphatic carbocycles. The second kappa shape index (κ2) is 10.9. The molecule has 0 spiro atoms. The van der Waals surface area contributed by atoms with Crippen molar-refractivity contribution in [2.24, 2.45) is 5.92 Å². The number of benzene rings is 4. The molecule has 6 heteroatoms. The van der Waals surface area contributed by atoms with E-state index in [1.54, 1.807) is 0 Å². The lowest BCUT2D eigenvalue weighted by Gasteiger charge is -2.13. The highest BCUT2D eigenvalue weighted by Gasteiger charge is 2.16. The molecule has 7 rings (SSSR count). The van der Waals surface area contributed by atoms with Crippen LogP contribution in [0.25, 0.3) is 44.4 Å². The zero-order valence-corrected chi connectivity index (χ0v) is 24.3. The number of fused-ring (bicyclic) bond motifs is 3. The predicted molar refractivity (Wildman–Crippen MR) is 171 cm³/mol. The first-order valence-electron chi connectivity index (χ1n) is 14.5. The Morgan fingerprint density at radius 2 is 1.63 bits per heavy atom. The molecule has 0 radical (unpaired) electrons. The van der Waals surface area contributed by atoms with E-state index in [9.17, 15) is 4.39 Å². The minimum atomic E-state index is -0.333. The Labute approximate surface area is 249 Å². The van der Waals surface area contributed by atoms with Crippen LogP contribution < -0.4 is 4.74 Å². The molecule has 3 aromatic heterocycles. The number of hydrogen-bond acceptors (Lipinski definition) is 3. The van der Waals surface area contributed by atoms with E-state index in [0.29, 0.717) is 23.2 Å². The van der Waals surface area contributed by atoms with Gasteiger partial charge in [0.05, 0.1) is 22.9 Å². The van der Waals surface area contributed by atoms with Crippen LogP contribution in [0.3, 0.4) is 0 Å². The number of hydrogen-bond donors (Lipinski definition) is 0. The molecule has 0 N–H and O–H groups in total. The van der Waals surface area contributed by atoms with E-state index in [0.717, 1.165) is 39.5 Å². The fourth-order valence-electron chi connectivity index (χ4n) is 5.95. The van der Waals surface area contributed by atoms with Crippen molar-refractivity contribution in [3.05, 3.63) is 133 Å². The van der Waals surface area contributed by atoms with Gasteiger partial charge in [-0.1, -0.05) is 56.3 Å². The summed E-state index contributed by atoms with van der Waals surface area (Å²) in [7, 11) is 0. The minimum Gasteiger partial charge on any atom is -0.457 e. The molecule has 43 heavy (non-hydrogen) atoms. The molecular formula is C37H31FN4O. The lowest BCUT2D eigenvalue weighted by atomic mass is 9.92. The second-order valence-corrected chi connectivity index (χ2v) is 11.3. The van der Waals surface area contributed by atoms with Crippen molar-refractivity contribution in [2.75, 3.05) is 0 Å². The Morgan fingerprint density at radius 3 is 2.49 bits per heavy atom. The number of aryl methyl sites for hydroxylation is 1. The van der Waals surface area contributed by atoms with Gasteiger partial charge in [0.25, 0.3) is 0 Å². The zero-order chi connectivity index (χ0) is 29.5. The van der Waals surface area contributed by atoms with Crippen LogP contribution in [0, 0.1) is 18.7 Å². The average molecular weight is 567 g/mol. The highest BCUT2D eigenvalue weighted by Crippen LogP contribution is 2.35. The van der Waals surface area contributed by atoms with Gasteiger partial charge in [-0.2, -0.15) is 5.10 Å². The Balaban J connectivity index is 1.23. The standard InChI is InChI=1S/C37H31FN4O/c1-24(2)18-26-9-6-8-25(3)37(26)27-22-40-41(23-27)29-10-7-11-30(20-29)43-31-14-15-33-32-12-4-5-13-34(32)42(35(33)21-31)36-19-28(38)16-17-39-36/h4-17,19-24H,18H2,1-3H3. The highest BCUT2D eigenvalue weighted by molar-refractivity contribution is 6.09. The van der Waals surface area contributed by atoms with Gasteiger partial charge < -0.3 is 4.74 Å². The van der Waals surface area contributed by atoms with Crippen LogP contribution in [0.15, 0.2) is 116 Å². The van der Waals surface area contributed by atoms with E-state index in [2.05, 4.69) is 56.2 Å². The largest absolute Gasteiger partial charge is 0.457 e. The minimum absolute atomic E-state index is 0.333. The molecule has 4 aromatic carbocycles. The third-order valence-electron chi connectivity index (χ3n) is 7.76. The van der Waals surface area contributed by atoms with E-state index in [1.807, 2.05) is 76.1 Å². The fourth-order valence-corrected chi connectivity index (χ4v) is 5.95. The Bertz CT molecular complexity index is 2110. The fraction of sp³-hybridized carbons (Fsp3) is 0.135. The lowest BCUT2D eigenvalue weighted by Crippen LogP contribution is -1.98. The third kappa shape index (κ3) is 5.06. The first-order valence-corrected chi connectivity index (χ1v) is 14.5.